The second kappa shape index (κ2) is 6.33. The first-order chi connectivity index (χ1) is 6.41. The Bertz CT molecular complexity index is 186. The highest BCUT2D eigenvalue weighted by Crippen LogP contribution is 1.86. The van der Waals surface area contributed by atoms with Crippen LogP contribution in [-0.4, -0.2) is 67.1 Å². The highest BCUT2D eigenvalue weighted by molar-refractivity contribution is 5.75. The summed E-state index contributed by atoms with van der Waals surface area (Å²) >= 11 is 0. The number of hydrogen-bond donors (Lipinski definition) is 2. The molecule has 0 aromatic heterocycles. The molecular weight excluding hydrogens is 186 g/mol. The van der Waals surface area contributed by atoms with Gasteiger partial charge in [0.1, 0.15) is 0 Å². The average Bonchev–Trinajstić information content (AvgIpc) is 1.98. The third-order valence-electron chi connectivity index (χ3n) is 1.69. The van der Waals surface area contributed by atoms with E-state index in [1.54, 1.807) is 23.9 Å². The van der Waals surface area contributed by atoms with Crippen LogP contribution in [0.2, 0.25) is 0 Å². The Kier molecular flexibility index (Phi) is 5.82. The van der Waals surface area contributed by atoms with E-state index in [4.69, 9.17) is 10.8 Å². The van der Waals surface area contributed by atoms with Crippen molar-refractivity contribution >= 4 is 11.9 Å². The summed E-state index contributed by atoms with van der Waals surface area (Å²) in [6.07, 6.45) is 0. The molecule has 0 aliphatic rings. The second-order valence-corrected chi connectivity index (χ2v) is 3.34. The first kappa shape index (κ1) is 12.9. The lowest BCUT2D eigenvalue weighted by Gasteiger charge is -2.19. The molecule has 0 unspecified atom stereocenters. The molecule has 14 heavy (non-hydrogen) atoms. The average molecular weight is 203 g/mol. The zero-order valence-corrected chi connectivity index (χ0v) is 8.56. The van der Waals surface area contributed by atoms with Gasteiger partial charge in [-0.15, -0.1) is 0 Å². The third kappa shape index (κ3) is 7.51. The van der Waals surface area contributed by atoms with Gasteiger partial charge in [0.15, 0.2) is 0 Å². The number of aliphatic carboxylic acids is 1. The minimum Gasteiger partial charge on any atom is -0.480 e. The van der Waals surface area contributed by atoms with Crippen molar-refractivity contribution < 1.29 is 14.7 Å². The van der Waals surface area contributed by atoms with Gasteiger partial charge < -0.3 is 10.8 Å². The van der Waals surface area contributed by atoms with Crippen LogP contribution in [0.5, 0.6) is 0 Å². The SMILES string of the molecule is CN(CCN(C)CC(=O)O)CC(N)=O. The van der Waals surface area contributed by atoms with E-state index in [1.165, 1.54) is 0 Å². The molecule has 0 aromatic carbocycles. The van der Waals surface area contributed by atoms with Crippen LogP contribution >= 0.6 is 0 Å². The number of carboxylic acid groups (broad SMARTS) is 1. The van der Waals surface area contributed by atoms with Gasteiger partial charge in [-0.2, -0.15) is 0 Å². The quantitative estimate of drug-likeness (QED) is 0.521. The molecule has 0 saturated heterocycles. The number of hydrogen-bond acceptors (Lipinski definition) is 4. The number of nitrogens with two attached hydrogens (primary N) is 1. The number of amides is 1. The Hall–Kier alpha value is -1.14. The number of rotatable bonds is 7. The number of carbonyl (C=O) groups excluding carboxylic acids is 1. The lowest BCUT2D eigenvalue weighted by atomic mass is 10.4. The van der Waals surface area contributed by atoms with Crippen molar-refractivity contribution in [3.63, 3.8) is 0 Å². The zero-order valence-electron chi connectivity index (χ0n) is 8.56. The normalized spacial score (nSPS) is 10.9. The fourth-order valence-corrected chi connectivity index (χ4v) is 0.996. The van der Waals surface area contributed by atoms with Crippen molar-refractivity contribution in [1.29, 1.82) is 0 Å². The molecule has 0 spiro atoms. The highest BCUT2D eigenvalue weighted by Gasteiger charge is 2.06. The van der Waals surface area contributed by atoms with Gasteiger partial charge in [-0.05, 0) is 14.1 Å². The summed E-state index contributed by atoms with van der Waals surface area (Å²) in [6, 6.07) is 0. The summed E-state index contributed by atoms with van der Waals surface area (Å²) in [6.45, 7) is 1.41. The van der Waals surface area contributed by atoms with Gasteiger partial charge in [-0.25, -0.2) is 0 Å². The van der Waals surface area contributed by atoms with Crippen molar-refractivity contribution in [1.82, 2.24) is 9.80 Å². The van der Waals surface area contributed by atoms with Crippen LogP contribution in [0, 0.1) is 0 Å². The lowest BCUT2D eigenvalue weighted by molar-refractivity contribution is -0.138. The van der Waals surface area contributed by atoms with Crippen molar-refractivity contribution in [3.05, 3.63) is 0 Å². The summed E-state index contributed by atoms with van der Waals surface area (Å²) in [5.41, 5.74) is 4.99. The van der Waals surface area contributed by atoms with Crippen molar-refractivity contribution in [3.8, 4) is 0 Å². The maximum Gasteiger partial charge on any atom is 0.317 e. The third-order valence-corrected chi connectivity index (χ3v) is 1.69. The van der Waals surface area contributed by atoms with E-state index < -0.39 is 5.97 Å². The molecule has 0 fully saturated rings. The summed E-state index contributed by atoms with van der Waals surface area (Å²) in [7, 11) is 3.48. The van der Waals surface area contributed by atoms with Crippen LogP contribution in [0.4, 0.5) is 0 Å². The minimum absolute atomic E-state index is 0.00438. The maximum absolute atomic E-state index is 10.5. The molecule has 6 heteroatoms. The van der Waals surface area contributed by atoms with E-state index in [1.807, 2.05) is 0 Å². The molecule has 0 atom stereocenters. The predicted octanol–water partition coefficient (Wildman–Crippen LogP) is -1.58. The van der Waals surface area contributed by atoms with E-state index in [-0.39, 0.29) is 19.0 Å². The molecular formula is C8H17N3O3. The van der Waals surface area contributed by atoms with Crippen molar-refractivity contribution in [2.24, 2.45) is 5.73 Å². The van der Waals surface area contributed by atoms with Gasteiger partial charge >= 0.3 is 5.97 Å². The standard InChI is InChI=1S/C8H17N3O3/c1-10(5-7(9)12)3-4-11(2)6-8(13)14/h3-6H2,1-2H3,(H2,9,12)(H,13,14). The summed E-state index contributed by atoms with van der Waals surface area (Å²) in [5, 5.41) is 8.47. The summed E-state index contributed by atoms with van der Waals surface area (Å²) < 4.78 is 0. The van der Waals surface area contributed by atoms with Crippen LogP contribution in [-0.2, 0) is 9.59 Å². The van der Waals surface area contributed by atoms with Crippen molar-refractivity contribution in [2.45, 2.75) is 0 Å². The van der Waals surface area contributed by atoms with Crippen LogP contribution < -0.4 is 5.73 Å². The zero-order chi connectivity index (χ0) is 11.1. The fourth-order valence-electron chi connectivity index (χ4n) is 0.996. The largest absolute Gasteiger partial charge is 0.480 e. The minimum atomic E-state index is -0.856. The lowest BCUT2D eigenvalue weighted by Crippen LogP contribution is -2.37. The Morgan fingerprint density at radius 3 is 1.93 bits per heavy atom. The number of nitrogens with zero attached hydrogens (tertiary/aromatic N) is 2. The van der Waals surface area contributed by atoms with Gasteiger partial charge in [0.2, 0.25) is 5.91 Å². The van der Waals surface area contributed by atoms with Crippen molar-refractivity contribution in [2.75, 3.05) is 40.3 Å². The van der Waals surface area contributed by atoms with Crippen LogP contribution in [0.25, 0.3) is 0 Å². The van der Waals surface area contributed by atoms with E-state index >= 15 is 0 Å². The molecule has 0 bridgehead atoms. The molecule has 0 saturated carbocycles. The molecule has 0 radical (unpaired) electrons. The molecule has 82 valence electrons. The first-order valence-corrected chi connectivity index (χ1v) is 4.29. The first-order valence-electron chi connectivity index (χ1n) is 4.29. The second-order valence-electron chi connectivity index (χ2n) is 3.34. The molecule has 0 heterocycles. The fraction of sp³-hybridized carbons (Fsp3) is 0.750. The number of carbonyl (C=O) groups is 2. The number of carboxylic acids is 1. The Morgan fingerprint density at radius 1 is 1.14 bits per heavy atom. The van der Waals surface area contributed by atoms with Gasteiger partial charge in [0.25, 0.3) is 0 Å². The monoisotopic (exact) mass is 203 g/mol. The summed E-state index contributed by atoms with van der Waals surface area (Å²) in [5.74, 6) is -1.24. The Balaban J connectivity index is 3.60. The van der Waals surface area contributed by atoms with Crippen LogP contribution in [0.15, 0.2) is 0 Å². The van der Waals surface area contributed by atoms with E-state index in [0.29, 0.717) is 13.1 Å². The molecule has 1 amide bonds. The van der Waals surface area contributed by atoms with E-state index in [0.717, 1.165) is 0 Å². The summed E-state index contributed by atoms with van der Waals surface area (Å²) in [4.78, 5) is 24.2. The number of likely N-dealkylation sites (N-methyl/N-ethyl adjacent to an activating group) is 2. The molecule has 3 N–H and O–H groups in total. The Morgan fingerprint density at radius 2 is 1.57 bits per heavy atom. The highest BCUT2D eigenvalue weighted by atomic mass is 16.4. The molecule has 0 aliphatic carbocycles. The molecule has 0 rings (SSSR count). The smallest absolute Gasteiger partial charge is 0.317 e. The van der Waals surface area contributed by atoms with Crippen LogP contribution in [0.3, 0.4) is 0 Å². The topological polar surface area (TPSA) is 86.9 Å². The maximum atomic E-state index is 10.5. The van der Waals surface area contributed by atoms with E-state index in [2.05, 4.69) is 0 Å². The molecule has 6 nitrogen and oxygen atoms in total. The predicted molar refractivity (Wildman–Crippen MR) is 51.8 cm³/mol. The van der Waals surface area contributed by atoms with Gasteiger partial charge in [0.05, 0.1) is 13.1 Å². The van der Waals surface area contributed by atoms with E-state index in [9.17, 15) is 9.59 Å². The molecule has 0 aromatic rings. The van der Waals surface area contributed by atoms with Gasteiger partial charge in [0, 0.05) is 13.1 Å². The van der Waals surface area contributed by atoms with Gasteiger partial charge in [-0.3, -0.25) is 19.4 Å². The van der Waals surface area contributed by atoms with Gasteiger partial charge in [-0.1, -0.05) is 0 Å². The number of primary amides is 1. The Labute approximate surface area is 83.3 Å². The van der Waals surface area contributed by atoms with Crippen LogP contribution in [0.1, 0.15) is 0 Å². The molecule has 0 aliphatic heterocycles.